The third kappa shape index (κ3) is 3.90. The molecule has 2 aliphatic rings. The van der Waals surface area contributed by atoms with Gasteiger partial charge in [-0.15, -0.1) is 0 Å². The molecule has 28 heavy (non-hydrogen) atoms. The normalized spacial score (nSPS) is 19.8. The number of piperazine rings is 1. The number of carbonyl (C=O) groups excluding carboxylic acids is 2. The van der Waals surface area contributed by atoms with Crippen molar-refractivity contribution >= 4 is 23.4 Å². The first-order valence-electron chi connectivity index (χ1n) is 9.53. The lowest BCUT2D eigenvalue weighted by molar-refractivity contribution is -0.117. The van der Waals surface area contributed by atoms with Gasteiger partial charge in [-0.05, 0) is 19.1 Å². The molecule has 4 rings (SSSR count). The van der Waals surface area contributed by atoms with E-state index < -0.39 is 0 Å². The van der Waals surface area contributed by atoms with Crippen molar-refractivity contribution in [3.8, 4) is 0 Å². The maximum absolute atomic E-state index is 12.6. The van der Waals surface area contributed by atoms with Gasteiger partial charge in [-0.25, -0.2) is 9.78 Å². The number of rotatable bonds is 3. The summed E-state index contributed by atoms with van der Waals surface area (Å²) in [6.45, 7) is 5.18. The monoisotopic (exact) mass is 380 g/mol. The summed E-state index contributed by atoms with van der Waals surface area (Å²) in [5, 5.41) is 3.02. The minimum atomic E-state index is -0.167. The smallest absolute Gasteiger partial charge is 0.317 e. The van der Waals surface area contributed by atoms with Gasteiger partial charge in [0.15, 0.2) is 0 Å². The van der Waals surface area contributed by atoms with Gasteiger partial charge < -0.3 is 20.0 Å². The van der Waals surface area contributed by atoms with Gasteiger partial charge in [-0.3, -0.25) is 9.78 Å². The van der Waals surface area contributed by atoms with Crippen molar-refractivity contribution in [2.45, 2.75) is 19.4 Å². The van der Waals surface area contributed by atoms with Crippen molar-refractivity contribution in [1.29, 1.82) is 0 Å². The summed E-state index contributed by atoms with van der Waals surface area (Å²) in [4.78, 5) is 39.1. The highest BCUT2D eigenvalue weighted by Gasteiger charge is 2.33. The van der Waals surface area contributed by atoms with Gasteiger partial charge in [-0.2, -0.15) is 0 Å². The second-order valence-corrected chi connectivity index (χ2v) is 7.23. The third-order valence-electron chi connectivity index (χ3n) is 5.24. The summed E-state index contributed by atoms with van der Waals surface area (Å²) in [6.07, 6.45) is 5.39. The number of hydrogen-bond donors (Lipinski definition) is 1. The molecule has 0 radical (unpaired) electrons. The Morgan fingerprint density at radius 2 is 1.86 bits per heavy atom. The van der Waals surface area contributed by atoms with Crippen LogP contribution in [0, 0.1) is 6.92 Å². The van der Waals surface area contributed by atoms with Gasteiger partial charge in [0.1, 0.15) is 5.82 Å². The zero-order chi connectivity index (χ0) is 19.5. The van der Waals surface area contributed by atoms with Crippen LogP contribution in [0.4, 0.5) is 16.3 Å². The van der Waals surface area contributed by atoms with E-state index in [1.807, 2.05) is 31.2 Å². The number of amides is 3. The molecule has 3 amide bonds. The average molecular weight is 380 g/mol. The number of carbonyl (C=O) groups is 2. The van der Waals surface area contributed by atoms with Crippen LogP contribution in [0.25, 0.3) is 0 Å². The summed E-state index contributed by atoms with van der Waals surface area (Å²) in [7, 11) is 0. The number of aryl methyl sites for hydroxylation is 1. The molecule has 1 aromatic carbocycles. The molecule has 0 bridgehead atoms. The molecule has 1 unspecified atom stereocenters. The van der Waals surface area contributed by atoms with Crippen molar-refractivity contribution in [3.05, 3.63) is 48.4 Å². The first-order chi connectivity index (χ1) is 13.6. The van der Waals surface area contributed by atoms with Gasteiger partial charge in [0, 0.05) is 57.2 Å². The molecule has 8 heteroatoms. The Labute approximate surface area is 164 Å². The van der Waals surface area contributed by atoms with E-state index in [0.29, 0.717) is 39.1 Å². The molecule has 8 nitrogen and oxygen atoms in total. The van der Waals surface area contributed by atoms with Crippen LogP contribution in [0.3, 0.4) is 0 Å². The molecule has 2 saturated heterocycles. The fraction of sp³-hybridized carbons (Fsp3) is 0.400. The lowest BCUT2D eigenvalue weighted by Crippen LogP contribution is -2.54. The second kappa shape index (κ2) is 7.84. The van der Waals surface area contributed by atoms with Gasteiger partial charge in [0.05, 0.1) is 12.2 Å². The van der Waals surface area contributed by atoms with Gasteiger partial charge in [-0.1, -0.05) is 17.7 Å². The molecule has 2 aliphatic heterocycles. The number of benzene rings is 1. The van der Waals surface area contributed by atoms with E-state index in [0.717, 1.165) is 17.1 Å². The molecule has 2 fully saturated rings. The number of nitrogens with zero attached hydrogens (tertiary/aromatic N) is 5. The standard InChI is InChI=1S/C20H24N6O2/c1-15-2-4-17(5-3-15)26-14-16(12-19(26)27)23-20(28)25-10-8-24(9-11-25)18-13-21-6-7-22-18/h2-7,13,16H,8-12,14H2,1H3,(H,23,28). The topological polar surface area (TPSA) is 81.7 Å². The Morgan fingerprint density at radius 1 is 1.11 bits per heavy atom. The Bertz CT molecular complexity index is 834. The van der Waals surface area contributed by atoms with Gasteiger partial charge in [0.2, 0.25) is 5.91 Å². The summed E-state index contributed by atoms with van der Waals surface area (Å²) in [5.41, 5.74) is 2.03. The SMILES string of the molecule is Cc1ccc(N2CC(NC(=O)N3CCN(c4cnccn4)CC3)CC2=O)cc1. The highest BCUT2D eigenvalue weighted by Crippen LogP contribution is 2.22. The third-order valence-corrected chi connectivity index (χ3v) is 5.24. The van der Waals surface area contributed by atoms with Crippen LogP contribution in [0.15, 0.2) is 42.9 Å². The molecule has 146 valence electrons. The molecule has 0 saturated carbocycles. The fourth-order valence-corrected chi connectivity index (χ4v) is 3.64. The van der Waals surface area contributed by atoms with Crippen molar-refractivity contribution in [1.82, 2.24) is 20.2 Å². The molecule has 1 aromatic heterocycles. The highest BCUT2D eigenvalue weighted by molar-refractivity contribution is 5.96. The quantitative estimate of drug-likeness (QED) is 0.871. The second-order valence-electron chi connectivity index (χ2n) is 7.23. The van der Waals surface area contributed by atoms with E-state index in [1.54, 1.807) is 28.4 Å². The van der Waals surface area contributed by atoms with E-state index in [2.05, 4.69) is 20.2 Å². The Morgan fingerprint density at radius 3 is 2.54 bits per heavy atom. The highest BCUT2D eigenvalue weighted by atomic mass is 16.2. The maximum Gasteiger partial charge on any atom is 0.317 e. The molecule has 0 spiro atoms. The van der Waals surface area contributed by atoms with Crippen LogP contribution in [0.2, 0.25) is 0 Å². The predicted molar refractivity (Wildman–Crippen MR) is 106 cm³/mol. The zero-order valence-electron chi connectivity index (χ0n) is 15.9. The Hall–Kier alpha value is -3.16. The van der Waals surface area contributed by atoms with Crippen molar-refractivity contribution in [3.63, 3.8) is 0 Å². The number of urea groups is 1. The minimum absolute atomic E-state index is 0.0432. The van der Waals surface area contributed by atoms with Crippen LogP contribution >= 0.6 is 0 Å². The van der Waals surface area contributed by atoms with Crippen LogP contribution in [-0.4, -0.2) is 65.6 Å². The summed E-state index contributed by atoms with van der Waals surface area (Å²) in [6, 6.07) is 7.60. The van der Waals surface area contributed by atoms with E-state index in [4.69, 9.17) is 0 Å². The largest absolute Gasteiger partial charge is 0.352 e. The van der Waals surface area contributed by atoms with Crippen LogP contribution < -0.4 is 15.1 Å². The molecule has 0 aliphatic carbocycles. The molecular weight excluding hydrogens is 356 g/mol. The molecular formula is C20H24N6O2. The minimum Gasteiger partial charge on any atom is -0.352 e. The summed E-state index contributed by atoms with van der Waals surface area (Å²) >= 11 is 0. The van der Waals surface area contributed by atoms with E-state index in [-0.39, 0.29) is 18.0 Å². The number of nitrogens with one attached hydrogen (secondary N) is 1. The summed E-state index contributed by atoms with van der Waals surface area (Å²) in [5.74, 6) is 0.874. The first kappa shape index (κ1) is 18.2. The lowest BCUT2D eigenvalue weighted by Gasteiger charge is -2.35. The van der Waals surface area contributed by atoms with Gasteiger partial charge in [0.25, 0.3) is 0 Å². The number of aromatic nitrogens is 2. The fourth-order valence-electron chi connectivity index (χ4n) is 3.64. The Balaban J connectivity index is 1.30. The lowest BCUT2D eigenvalue weighted by atomic mass is 10.2. The molecule has 3 heterocycles. The van der Waals surface area contributed by atoms with Crippen molar-refractivity contribution < 1.29 is 9.59 Å². The molecule has 2 aromatic rings. The predicted octanol–water partition coefficient (Wildman–Crippen LogP) is 1.42. The van der Waals surface area contributed by atoms with Crippen molar-refractivity contribution in [2.24, 2.45) is 0 Å². The molecule has 1 atom stereocenters. The van der Waals surface area contributed by atoms with E-state index in [9.17, 15) is 9.59 Å². The van der Waals surface area contributed by atoms with Crippen molar-refractivity contribution in [2.75, 3.05) is 42.5 Å². The molecule has 1 N–H and O–H groups in total. The average Bonchev–Trinajstić information content (AvgIpc) is 3.09. The number of anilines is 2. The van der Waals surface area contributed by atoms with Crippen LogP contribution in [0.5, 0.6) is 0 Å². The van der Waals surface area contributed by atoms with Crippen LogP contribution in [-0.2, 0) is 4.79 Å². The van der Waals surface area contributed by atoms with E-state index >= 15 is 0 Å². The van der Waals surface area contributed by atoms with Gasteiger partial charge >= 0.3 is 6.03 Å². The first-order valence-corrected chi connectivity index (χ1v) is 9.53. The number of hydrogen-bond acceptors (Lipinski definition) is 5. The Kier molecular flexibility index (Phi) is 5.10. The summed E-state index contributed by atoms with van der Waals surface area (Å²) < 4.78 is 0. The zero-order valence-corrected chi connectivity index (χ0v) is 15.9. The van der Waals surface area contributed by atoms with E-state index in [1.165, 1.54) is 0 Å². The van der Waals surface area contributed by atoms with Crippen LogP contribution in [0.1, 0.15) is 12.0 Å². The maximum atomic E-state index is 12.6.